The molecule has 0 radical (unpaired) electrons. The highest BCUT2D eigenvalue weighted by Crippen LogP contribution is 2.47. The first-order valence-electron chi connectivity index (χ1n) is 10.6. The summed E-state index contributed by atoms with van der Waals surface area (Å²) < 4.78 is 20.3. The number of likely N-dealkylation sites (tertiary alicyclic amines) is 1. The minimum atomic E-state index is -0.862. The van der Waals surface area contributed by atoms with Crippen LogP contribution in [0.4, 0.5) is 4.39 Å². The maximum Gasteiger partial charge on any atom is 0.257 e. The number of carbonyl (C=O) groups is 2. The van der Waals surface area contributed by atoms with E-state index in [4.69, 9.17) is 4.74 Å². The van der Waals surface area contributed by atoms with Gasteiger partial charge in [-0.05, 0) is 55.2 Å². The third kappa shape index (κ3) is 3.10. The Morgan fingerprint density at radius 3 is 2.53 bits per heavy atom. The molecule has 0 aromatic heterocycles. The summed E-state index contributed by atoms with van der Waals surface area (Å²) in [6.45, 7) is 2.84. The molecule has 3 saturated heterocycles. The zero-order valence-corrected chi connectivity index (χ0v) is 17.0. The maximum atomic E-state index is 14.0. The van der Waals surface area contributed by atoms with E-state index in [1.807, 2.05) is 48.2 Å². The van der Waals surface area contributed by atoms with Crippen molar-refractivity contribution in [3.63, 3.8) is 0 Å². The van der Waals surface area contributed by atoms with Gasteiger partial charge in [-0.25, -0.2) is 4.39 Å². The fraction of sp³-hybridized carbons (Fsp3) is 0.417. The lowest BCUT2D eigenvalue weighted by atomic mass is 9.89. The van der Waals surface area contributed by atoms with Crippen LogP contribution in [0.3, 0.4) is 0 Å². The van der Waals surface area contributed by atoms with E-state index in [2.05, 4.69) is 0 Å². The van der Waals surface area contributed by atoms with Crippen LogP contribution in [0.1, 0.15) is 53.2 Å². The van der Waals surface area contributed by atoms with Gasteiger partial charge >= 0.3 is 0 Å². The molecule has 3 aliphatic heterocycles. The summed E-state index contributed by atoms with van der Waals surface area (Å²) in [5.41, 5.74) is 1.48. The molecule has 3 aliphatic rings. The van der Waals surface area contributed by atoms with Crippen LogP contribution in [0.25, 0.3) is 0 Å². The highest BCUT2D eigenvalue weighted by molar-refractivity contribution is 5.95. The average Bonchev–Trinajstić information content (AvgIpc) is 3.26. The molecule has 3 heterocycles. The molecular weight excluding hydrogens is 383 g/mol. The minimum Gasteiger partial charge on any atom is -0.342 e. The molecule has 6 heteroatoms. The van der Waals surface area contributed by atoms with Crippen molar-refractivity contribution in [2.75, 3.05) is 13.1 Å². The monoisotopic (exact) mass is 408 g/mol. The highest BCUT2D eigenvalue weighted by atomic mass is 19.1. The van der Waals surface area contributed by atoms with Gasteiger partial charge in [0.1, 0.15) is 12.0 Å². The minimum absolute atomic E-state index is 0.00971. The number of halogens is 1. The molecule has 5 rings (SSSR count). The standard InChI is InChI=1S/C24H25FN2O3/c1-16-13-18(15-19(25)14-16)20-7-8-21-27(20)23(29)24(30-21)9-11-26(12-10-24)22(28)17-5-3-2-4-6-17/h2-6,13-15,20-21H,7-12H2,1H3/t20-,21+/m0/s1. The van der Waals surface area contributed by atoms with Gasteiger partial charge in [0.25, 0.3) is 11.8 Å². The topological polar surface area (TPSA) is 49.9 Å². The predicted molar refractivity (Wildman–Crippen MR) is 109 cm³/mol. The normalized spacial score (nSPS) is 25.1. The molecule has 2 amide bonds. The molecule has 3 fully saturated rings. The van der Waals surface area contributed by atoms with E-state index < -0.39 is 5.60 Å². The summed E-state index contributed by atoms with van der Waals surface area (Å²) in [4.78, 5) is 29.8. The van der Waals surface area contributed by atoms with Crippen LogP contribution < -0.4 is 0 Å². The summed E-state index contributed by atoms with van der Waals surface area (Å²) in [6, 6.07) is 14.0. The molecule has 0 bridgehead atoms. The van der Waals surface area contributed by atoms with Gasteiger partial charge in [-0.3, -0.25) is 9.59 Å². The number of ether oxygens (including phenoxy) is 1. The largest absolute Gasteiger partial charge is 0.342 e. The average molecular weight is 408 g/mol. The van der Waals surface area contributed by atoms with E-state index >= 15 is 0 Å². The number of hydrogen-bond donors (Lipinski definition) is 0. The molecule has 2 atom stereocenters. The summed E-state index contributed by atoms with van der Waals surface area (Å²) >= 11 is 0. The van der Waals surface area contributed by atoms with Gasteiger partial charge in [0.15, 0.2) is 5.60 Å². The van der Waals surface area contributed by atoms with E-state index in [0.717, 1.165) is 24.0 Å². The number of aryl methyl sites for hydroxylation is 1. The number of carbonyl (C=O) groups excluding carboxylic acids is 2. The summed E-state index contributed by atoms with van der Waals surface area (Å²) in [7, 11) is 0. The third-order valence-electron chi connectivity index (χ3n) is 6.65. The zero-order chi connectivity index (χ0) is 20.9. The quantitative estimate of drug-likeness (QED) is 0.759. The lowest BCUT2D eigenvalue weighted by Gasteiger charge is -2.37. The van der Waals surface area contributed by atoms with E-state index in [0.29, 0.717) is 31.5 Å². The Hall–Kier alpha value is -2.73. The van der Waals surface area contributed by atoms with Crippen molar-refractivity contribution in [3.8, 4) is 0 Å². The molecular formula is C24H25FN2O3. The van der Waals surface area contributed by atoms with Crippen LogP contribution in [-0.4, -0.2) is 46.5 Å². The van der Waals surface area contributed by atoms with E-state index in [1.54, 1.807) is 4.90 Å². The van der Waals surface area contributed by atoms with Crippen molar-refractivity contribution in [3.05, 3.63) is 71.0 Å². The summed E-state index contributed by atoms with van der Waals surface area (Å²) in [6.07, 6.45) is 2.25. The molecule has 0 saturated carbocycles. The van der Waals surface area contributed by atoms with Gasteiger partial charge < -0.3 is 14.5 Å². The van der Waals surface area contributed by atoms with Crippen LogP contribution >= 0.6 is 0 Å². The van der Waals surface area contributed by atoms with Crippen LogP contribution in [-0.2, 0) is 9.53 Å². The Bertz CT molecular complexity index is 965. The molecule has 5 nitrogen and oxygen atoms in total. The molecule has 2 aromatic carbocycles. The van der Waals surface area contributed by atoms with E-state index in [9.17, 15) is 14.0 Å². The number of hydrogen-bond acceptors (Lipinski definition) is 3. The van der Waals surface area contributed by atoms with Crippen molar-refractivity contribution < 1.29 is 18.7 Å². The number of piperidine rings is 1. The second-order valence-corrected chi connectivity index (χ2v) is 8.59. The van der Waals surface area contributed by atoms with E-state index in [1.165, 1.54) is 12.1 Å². The zero-order valence-electron chi connectivity index (χ0n) is 17.0. The summed E-state index contributed by atoms with van der Waals surface area (Å²) in [5.74, 6) is -0.295. The van der Waals surface area contributed by atoms with Crippen molar-refractivity contribution >= 4 is 11.8 Å². The Balaban J connectivity index is 1.32. The van der Waals surface area contributed by atoms with Crippen LogP contribution in [0, 0.1) is 12.7 Å². The lowest BCUT2D eigenvalue weighted by molar-refractivity contribution is -0.142. The molecule has 30 heavy (non-hydrogen) atoms. The van der Waals surface area contributed by atoms with Gasteiger partial charge in [0.2, 0.25) is 0 Å². The fourth-order valence-corrected chi connectivity index (χ4v) is 5.16. The molecule has 0 aliphatic carbocycles. The van der Waals surface area contributed by atoms with Gasteiger partial charge in [-0.1, -0.05) is 24.3 Å². The number of benzene rings is 2. The predicted octanol–water partition coefficient (Wildman–Crippen LogP) is 3.83. The number of amides is 2. The SMILES string of the molecule is Cc1cc(F)cc([C@@H]2CC[C@H]3OC4(CCN(C(=O)c5ccccc5)CC4)C(=O)N32)c1. The van der Waals surface area contributed by atoms with Gasteiger partial charge in [-0.2, -0.15) is 0 Å². The Labute approximate surface area is 175 Å². The smallest absolute Gasteiger partial charge is 0.257 e. The molecule has 0 N–H and O–H groups in total. The highest BCUT2D eigenvalue weighted by Gasteiger charge is 2.58. The van der Waals surface area contributed by atoms with Crippen molar-refractivity contribution in [1.82, 2.24) is 9.80 Å². The Morgan fingerprint density at radius 2 is 1.83 bits per heavy atom. The van der Waals surface area contributed by atoms with E-state index in [-0.39, 0.29) is 29.9 Å². The Morgan fingerprint density at radius 1 is 1.10 bits per heavy atom. The lowest BCUT2D eigenvalue weighted by Crippen LogP contribution is -2.51. The molecule has 156 valence electrons. The van der Waals surface area contributed by atoms with Crippen molar-refractivity contribution in [2.45, 2.75) is 50.5 Å². The number of fused-ring (bicyclic) bond motifs is 1. The van der Waals surface area contributed by atoms with Gasteiger partial charge in [0.05, 0.1) is 6.04 Å². The second kappa shape index (κ2) is 7.20. The fourth-order valence-electron chi connectivity index (χ4n) is 5.16. The van der Waals surface area contributed by atoms with Gasteiger partial charge in [0, 0.05) is 31.5 Å². The van der Waals surface area contributed by atoms with Gasteiger partial charge in [-0.15, -0.1) is 0 Å². The summed E-state index contributed by atoms with van der Waals surface area (Å²) in [5, 5.41) is 0. The first-order valence-corrected chi connectivity index (χ1v) is 10.6. The number of rotatable bonds is 2. The van der Waals surface area contributed by atoms with Crippen LogP contribution in [0.5, 0.6) is 0 Å². The van der Waals surface area contributed by atoms with Crippen molar-refractivity contribution in [1.29, 1.82) is 0 Å². The third-order valence-corrected chi connectivity index (χ3v) is 6.65. The van der Waals surface area contributed by atoms with Crippen LogP contribution in [0.2, 0.25) is 0 Å². The second-order valence-electron chi connectivity index (χ2n) is 8.59. The molecule has 0 unspecified atom stereocenters. The Kier molecular flexibility index (Phi) is 4.62. The molecule has 2 aromatic rings. The van der Waals surface area contributed by atoms with Crippen LogP contribution in [0.15, 0.2) is 48.5 Å². The first kappa shape index (κ1) is 19.2. The molecule has 1 spiro atoms. The maximum absolute atomic E-state index is 14.0. The number of nitrogens with zero attached hydrogens (tertiary/aromatic N) is 2. The first-order chi connectivity index (χ1) is 14.5. The van der Waals surface area contributed by atoms with Crippen molar-refractivity contribution in [2.24, 2.45) is 0 Å².